The molecule has 7 heteroatoms. The monoisotopic (exact) mass is 294 g/mol. The van der Waals surface area contributed by atoms with Crippen LogP contribution in [0, 0.1) is 5.92 Å². The summed E-state index contributed by atoms with van der Waals surface area (Å²) in [6.45, 7) is 5.21. The maximum absolute atomic E-state index is 11.3. The predicted molar refractivity (Wildman–Crippen MR) is 71.7 cm³/mol. The molecule has 0 amide bonds. The van der Waals surface area contributed by atoms with Crippen molar-refractivity contribution in [3.05, 3.63) is 0 Å². The van der Waals surface area contributed by atoms with Gasteiger partial charge in [-0.2, -0.15) is 0 Å². The lowest BCUT2D eigenvalue weighted by atomic mass is 10.1. The van der Waals surface area contributed by atoms with E-state index in [1.807, 2.05) is 13.8 Å². The third-order valence-electron chi connectivity index (χ3n) is 2.19. The molecule has 0 rings (SSSR count). The molecular weight excluding hydrogens is 268 g/mol. The number of aliphatic hydroxyl groups is 2. The van der Waals surface area contributed by atoms with Crippen LogP contribution in [0.2, 0.25) is 0 Å². The minimum Gasteiger partial charge on any atom is -0.462 e. The Morgan fingerprint density at radius 1 is 1.05 bits per heavy atom. The van der Waals surface area contributed by atoms with Gasteiger partial charge in [0.1, 0.15) is 12.5 Å². The number of esters is 2. The lowest BCUT2D eigenvalue weighted by molar-refractivity contribution is -0.174. The Morgan fingerprint density at radius 2 is 1.50 bits per heavy atom. The molecule has 0 aromatic rings. The number of ether oxygens (including phenoxy) is 3. The van der Waals surface area contributed by atoms with Gasteiger partial charge in [-0.05, 0) is 12.8 Å². The van der Waals surface area contributed by atoms with Gasteiger partial charge in [-0.15, -0.1) is 0 Å². The van der Waals surface area contributed by atoms with E-state index in [9.17, 15) is 9.59 Å². The van der Waals surface area contributed by atoms with Gasteiger partial charge in [0.25, 0.3) is 0 Å². The summed E-state index contributed by atoms with van der Waals surface area (Å²) in [6.07, 6.45) is -2.29. The highest BCUT2D eigenvalue weighted by Gasteiger charge is 2.19. The first-order chi connectivity index (χ1) is 9.28. The van der Waals surface area contributed by atoms with Crippen LogP contribution in [0.1, 0.15) is 33.6 Å². The second-order valence-corrected chi connectivity index (χ2v) is 4.48. The second kappa shape index (κ2) is 12.8. The van der Waals surface area contributed by atoms with E-state index in [0.717, 1.165) is 0 Å². The van der Waals surface area contributed by atoms with Gasteiger partial charge in [-0.1, -0.05) is 13.8 Å². The fourth-order valence-corrected chi connectivity index (χ4v) is 0.866. The van der Waals surface area contributed by atoms with Crippen molar-refractivity contribution in [1.82, 2.24) is 0 Å². The van der Waals surface area contributed by atoms with Crippen molar-refractivity contribution in [2.24, 2.45) is 5.92 Å². The van der Waals surface area contributed by atoms with E-state index < -0.39 is 24.6 Å². The fourth-order valence-electron chi connectivity index (χ4n) is 0.866. The maximum atomic E-state index is 11.3. The van der Waals surface area contributed by atoms with E-state index >= 15 is 0 Å². The number of hydrogen-bond donors (Lipinski definition) is 2. The van der Waals surface area contributed by atoms with Crippen LogP contribution in [0.25, 0.3) is 0 Å². The number of methoxy groups -OCH3 is 1. The molecule has 0 aliphatic heterocycles. The first kappa shape index (κ1) is 21.1. The van der Waals surface area contributed by atoms with Crippen LogP contribution < -0.4 is 0 Å². The van der Waals surface area contributed by atoms with Gasteiger partial charge in [0.05, 0.1) is 0 Å². The molecule has 2 atom stereocenters. The van der Waals surface area contributed by atoms with Crippen molar-refractivity contribution >= 4 is 11.9 Å². The molecule has 0 spiro atoms. The molecule has 0 aromatic carbocycles. The molecule has 0 saturated heterocycles. The summed E-state index contributed by atoms with van der Waals surface area (Å²) < 4.78 is 13.7. The van der Waals surface area contributed by atoms with E-state index in [4.69, 9.17) is 14.9 Å². The van der Waals surface area contributed by atoms with E-state index in [1.54, 1.807) is 21.1 Å². The number of rotatable bonds is 7. The molecule has 2 N–H and O–H groups in total. The SMILES string of the molecule is CC(C)C(C)OC(=O)CC(=O)OC(O)CCO.COC. The van der Waals surface area contributed by atoms with Crippen LogP contribution in [-0.2, 0) is 23.8 Å². The topological polar surface area (TPSA) is 102 Å². The largest absolute Gasteiger partial charge is 0.462 e. The Balaban J connectivity index is 0. The van der Waals surface area contributed by atoms with Crippen LogP contribution in [-0.4, -0.2) is 55.4 Å². The van der Waals surface area contributed by atoms with Crippen LogP contribution in [0.5, 0.6) is 0 Å². The Hall–Kier alpha value is -1.18. The average Bonchev–Trinajstić information content (AvgIpc) is 2.29. The summed E-state index contributed by atoms with van der Waals surface area (Å²) in [5.74, 6) is -1.39. The smallest absolute Gasteiger partial charge is 0.319 e. The zero-order valence-corrected chi connectivity index (χ0v) is 12.8. The Labute approximate surface area is 119 Å². The van der Waals surface area contributed by atoms with Crippen LogP contribution in [0.15, 0.2) is 0 Å². The van der Waals surface area contributed by atoms with Gasteiger partial charge in [0.2, 0.25) is 6.29 Å². The third-order valence-corrected chi connectivity index (χ3v) is 2.19. The highest BCUT2D eigenvalue weighted by molar-refractivity contribution is 5.91. The highest BCUT2D eigenvalue weighted by atomic mass is 16.6. The summed E-state index contributed by atoms with van der Waals surface area (Å²) in [7, 11) is 3.25. The van der Waals surface area contributed by atoms with Crippen molar-refractivity contribution in [2.45, 2.75) is 46.0 Å². The first-order valence-electron chi connectivity index (χ1n) is 6.36. The molecule has 0 aromatic heterocycles. The summed E-state index contributed by atoms with van der Waals surface area (Å²) in [6, 6.07) is 0. The maximum Gasteiger partial charge on any atom is 0.319 e. The van der Waals surface area contributed by atoms with Crippen LogP contribution >= 0.6 is 0 Å². The average molecular weight is 294 g/mol. The van der Waals surface area contributed by atoms with E-state index in [0.29, 0.717) is 0 Å². The van der Waals surface area contributed by atoms with Gasteiger partial charge in [-0.3, -0.25) is 9.59 Å². The molecule has 120 valence electrons. The number of aliphatic hydroxyl groups excluding tert-OH is 2. The van der Waals surface area contributed by atoms with Crippen molar-refractivity contribution in [1.29, 1.82) is 0 Å². The molecule has 0 bridgehead atoms. The van der Waals surface area contributed by atoms with E-state index in [1.165, 1.54) is 0 Å². The van der Waals surface area contributed by atoms with Gasteiger partial charge in [-0.25, -0.2) is 0 Å². The van der Waals surface area contributed by atoms with Gasteiger partial charge in [0, 0.05) is 27.2 Å². The lowest BCUT2D eigenvalue weighted by Gasteiger charge is -2.16. The number of hydrogen-bond acceptors (Lipinski definition) is 7. The Morgan fingerprint density at radius 3 is 1.90 bits per heavy atom. The molecular formula is C13H26O7. The zero-order chi connectivity index (χ0) is 16.1. The van der Waals surface area contributed by atoms with Crippen molar-refractivity contribution < 1.29 is 34.0 Å². The summed E-state index contributed by atoms with van der Waals surface area (Å²) in [5.41, 5.74) is 0. The number of carbonyl (C=O) groups is 2. The number of carbonyl (C=O) groups excluding carboxylic acids is 2. The molecule has 0 aliphatic rings. The van der Waals surface area contributed by atoms with Crippen molar-refractivity contribution in [2.75, 3.05) is 20.8 Å². The predicted octanol–water partition coefficient (Wildman–Crippen LogP) is 0.471. The van der Waals surface area contributed by atoms with Gasteiger partial charge in [0.15, 0.2) is 0 Å². The van der Waals surface area contributed by atoms with E-state index in [-0.39, 0.29) is 25.0 Å². The van der Waals surface area contributed by atoms with Gasteiger partial charge < -0.3 is 24.4 Å². The zero-order valence-electron chi connectivity index (χ0n) is 12.8. The van der Waals surface area contributed by atoms with Crippen LogP contribution in [0.4, 0.5) is 0 Å². The minimum atomic E-state index is -1.39. The Bertz CT molecular complexity index is 265. The van der Waals surface area contributed by atoms with Crippen molar-refractivity contribution in [3.63, 3.8) is 0 Å². The second-order valence-electron chi connectivity index (χ2n) is 4.48. The molecule has 7 nitrogen and oxygen atoms in total. The van der Waals surface area contributed by atoms with E-state index in [2.05, 4.69) is 9.47 Å². The standard InChI is InChI=1S/C11H20O6.C2H6O/c1-7(2)8(3)16-10(14)6-11(15)17-9(13)4-5-12;1-3-2/h7-9,12-13H,4-6H2,1-3H3;1-2H3. The molecule has 20 heavy (non-hydrogen) atoms. The molecule has 0 aliphatic carbocycles. The molecule has 0 saturated carbocycles. The molecule has 0 fully saturated rings. The Kier molecular flexibility index (Phi) is 13.6. The lowest BCUT2D eigenvalue weighted by Crippen LogP contribution is -2.25. The summed E-state index contributed by atoms with van der Waals surface area (Å²) in [5, 5.41) is 17.5. The van der Waals surface area contributed by atoms with Crippen molar-refractivity contribution in [3.8, 4) is 0 Å². The highest BCUT2D eigenvalue weighted by Crippen LogP contribution is 2.07. The van der Waals surface area contributed by atoms with Gasteiger partial charge >= 0.3 is 11.9 Å². The molecule has 0 heterocycles. The summed E-state index contributed by atoms with van der Waals surface area (Å²) in [4.78, 5) is 22.4. The first-order valence-corrected chi connectivity index (χ1v) is 6.36. The molecule has 0 radical (unpaired) electrons. The normalized spacial score (nSPS) is 13.0. The summed E-state index contributed by atoms with van der Waals surface area (Å²) >= 11 is 0. The van der Waals surface area contributed by atoms with Crippen LogP contribution in [0.3, 0.4) is 0 Å². The third kappa shape index (κ3) is 13.3. The minimum absolute atomic E-state index is 0.0802. The molecule has 2 unspecified atom stereocenters. The fraction of sp³-hybridized carbons (Fsp3) is 0.846. The quantitative estimate of drug-likeness (QED) is 0.400.